The van der Waals surface area contributed by atoms with Crippen molar-refractivity contribution in [1.29, 1.82) is 0 Å². The first-order valence-electron chi connectivity index (χ1n) is 5.25. The maximum absolute atomic E-state index is 12.6. The molecule has 2 nitrogen and oxygen atoms in total. The van der Waals surface area contributed by atoms with Gasteiger partial charge in [0.25, 0.3) is 0 Å². The number of rotatable bonds is 2. The molecule has 0 saturated carbocycles. The van der Waals surface area contributed by atoms with Crippen molar-refractivity contribution < 1.29 is 13.2 Å². The van der Waals surface area contributed by atoms with Crippen molar-refractivity contribution in [3.8, 4) is 0 Å². The highest BCUT2D eigenvalue weighted by molar-refractivity contribution is 5.62. The zero-order valence-corrected chi connectivity index (χ0v) is 9.35. The topological polar surface area (TPSA) is 29.3 Å². The molecule has 0 amide bonds. The highest BCUT2D eigenvalue weighted by Crippen LogP contribution is 2.32. The lowest BCUT2D eigenvalue weighted by Gasteiger charge is -2.19. The molecule has 0 unspecified atom stereocenters. The highest BCUT2D eigenvalue weighted by atomic mass is 19.4. The summed E-state index contributed by atoms with van der Waals surface area (Å²) in [6, 6.07) is 13.7. The van der Waals surface area contributed by atoms with Gasteiger partial charge in [0.05, 0.1) is 16.9 Å². The molecule has 94 valence electrons. The number of anilines is 2. The predicted molar refractivity (Wildman–Crippen MR) is 64.2 cm³/mol. The Morgan fingerprint density at radius 3 is 2.06 bits per heavy atom. The van der Waals surface area contributed by atoms with E-state index in [2.05, 4.69) is 0 Å². The Bertz CT molecular complexity index is 523. The Kier molecular flexibility index (Phi) is 3.25. The smallest absolute Gasteiger partial charge is 0.280 e. The van der Waals surface area contributed by atoms with Crippen molar-refractivity contribution in [2.24, 2.45) is 5.84 Å². The van der Waals surface area contributed by atoms with Crippen LogP contribution >= 0.6 is 0 Å². The molecule has 0 atom stereocenters. The van der Waals surface area contributed by atoms with Gasteiger partial charge in [-0.3, -0.25) is 5.01 Å². The molecular weight excluding hydrogens is 241 g/mol. The van der Waals surface area contributed by atoms with E-state index in [0.29, 0.717) is 5.69 Å². The number of hydrazine groups is 1. The summed E-state index contributed by atoms with van der Waals surface area (Å²) in [4.78, 5) is 0. The number of alkyl halides is 3. The minimum atomic E-state index is -4.37. The summed E-state index contributed by atoms with van der Waals surface area (Å²) in [6.45, 7) is 0. The molecule has 5 heteroatoms. The van der Waals surface area contributed by atoms with E-state index < -0.39 is 11.7 Å². The molecule has 2 N–H and O–H groups in total. The summed E-state index contributed by atoms with van der Waals surface area (Å²) < 4.78 is 37.7. The predicted octanol–water partition coefficient (Wildman–Crippen LogP) is 3.72. The first kappa shape index (κ1) is 12.4. The van der Waals surface area contributed by atoms with E-state index in [4.69, 9.17) is 5.84 Å². The zero-order valence-electron chi connectivity index (χ0n) is 9.35. The second-order valence-corrected chi connectivity index (χ2v) is 3.75. The molecule has 2 aromatic carbocycles. The van der Waals surface area contributed by atoms with Crippen LogP contribution in [0.25, 0.3) is 0 Å². The monoisotopic (exact) mass is 252 g/mol. The molecule has 2 aromatic rings. The fraction of sp³-hybridized carbons (Fsp3) is 0.0769. The second-order valence-electron chi connectivity index (χ2n) is 3.75. The molecular formula is C13H11F3N2. The summed E-state index contributed by atoms with van der Waals surface area (Å²) in [5, 5.41) is 1.22. The Balaban J connectivity index is 2.35. The van der Waals surface area contributed by atoms with Crippen LogP contribution in [0.4, 0.5) is 24.5 Å². The van der Waals surface area contributed by atoms with Crippen molar-refractivity contribution >= 4 is 11.4 Å². The van der Waals surface area contributed by atoms with E-state index in [9.17, 15) is 13.2 Å². The van der Waals surface area contributed by atoms with Gasteiger partial charge in [0.15, 0.2) is 0 Å². The zero-order chi connectivity index (χ0) is 13.2. The fourth-order valence-electron chi connectivity index (χ4n) is 1.57. The number of hydrogen-bond acceptors (Lipinski definition) is 2. The number of benzene rings is 2. The molecule has 0 aliphatic rings. The number of nitrogens with zero attached hydrogens (tertiary/aromatic N) is 1. The summed E-state index contributed by atoms with van der Waals surface area (Å²) in [5.74, 6) is 5.79. The summed E-state index contributed by atoms with van der Waals surface area (Å²) >= 11 is 0. The van der Waals surface area contributed by atoms with E-state index in [1.54, 1.807) is 24.3 Å². The summed E-state index contributed by atoms with van der Waals surface area (Å²) in [7, 11) is 0. The van der Waals surface area contributed by atoms with Gasteiger partial charge < -0.3 is 0 Å². The van der Waals surface area contributed by atoms with Crippen molar-refractivity contribution in [2.75, 3.05) is 5.01 Å². The lowest BCUT2D eigenvalue weighted by Crippen LogP contribution is -2.25. The standard InChI is InChI=1S/C13H11F3N2/c14-13(15,16)10-5-4-8-12(9-10)18(17)11-6-2-1-3-7-11/h1-9H,17H2. The quantitative estimate of drug-likeness (QED) is 0.652. The van der Waals surface area contributed by atoms with Crippen LogP contribution in [0.2, 0.25) is 0 Å². The summed E-state index contributed by atoms with van der Waals surface area (Å²) in [5.41, 5.74) is 0.194. The average Bonchev–Trinajstić information content (AvgIpc) is 2.38. The van der Waals surface area contributed by atoms with Crippen LogP contribution in [0.3, 0.4) is 0 Å². The van der Waals surface area contributed by atoms with E-state index in [-0.39, 0.29) is 5.69 Å². The van der Waals surface area contributed by atoms with Crippen LogP contribution in [0.1, 0.15) is 5.56 Å². The number of para-hydroxylation sites is 1. The highest BCUT2D eigenvalue weighted by Gasteiger charge is 2.30. The van der Waals surface area contributed by atoms with Gasteiger partial charge in [-0.1, -0.05) is 24.3 Å². The Morgan fingerprint density at radius 2 is 1.44 bits per heavy atom. The third kappa shape index (κ3) is 2.62. The average molecular weight is 252 g/mol. The maximum Gasteiger partial charge on any atom is 0.416 e. The van der Waals surface area contributed by atoms with E-state index >= 15 is 0 Å². The number of hydrogen-bond donors (Lipinski definition) is 1. The van der Waals surface area contributed by atoms with Gasteiger partial charge in [-0.15, -0.1) is 0 Å². The SMILES string of the molecule is NN(c1ccccc1)c1cccc(C(F)(F)F)c1. The molecule has 0 saturated heterocycles. The minimum Gasteiger partial charge on any atom is -0.280 e. The lowest BCUT2D eigenvalue weighted by molar-refractivity contribution is -0.137. The van der Waals surface area contributed by atoms with Gasteiger partial charge >= 0.3 is 6.18 Å². The molecule has 2 rings (SSSR count). The molecule has 0 bridgehead atoms. The molecule has 0 heterocycles. The molecule has 0 aliphatic carbocycles. The van der Waals surface area contributed by atoms with E-state index in [1.165, 1.54) is 17.1 Å². The Morgan fingerprint density at radius 1 is 0.833 bits per heavy atom. The lowest BCUT2D eigenvalue weighted by atomic mass is 10.2. The van der Waals surface area contributed by atoms with Crippen LogP contribution in [0.5, 0.6) is 0 Å². The summed E-state index contributed by atoms with van der Waals surface area (Å²) in [6.07, 6.45) is -4.37. The Labute approximate surface area is 102 Å². The molecule has 0 spiro atoms. The van der Waals surface area contributed by atoms with Crippen molar-refractivity contribution in [2.45, 2.75) is 6.18 Å². The maximum atomic E-state index is 12.6. The fourth-order valence-corrected chi connectivity index (χ4v) is 1.57. The minimum absolute atomic E-state index is 0.288. The van der Waals surface area contributed by atoms with Crippen LogP contribution in [-0.2, 0) is 6.18 Å². The van der Waals surface area contributed by atoms with Gasteiger partial charge in [-0.05, 0) is 30.3 Å². The molecule has 0 aromatic heterocycles. The van der Waals surface area contributed by atoms with Gasteiger partial charge in [0.1, 0.15) is 0 Å². The number of halogens is 3. The largest absolute Gasteiger partial charge is 0.416 e. The van der Waals surface area contributed by atoms with Gasteiger partial charge in [0.2, 0.25) is 0 Å². The van der Waals surface area contributed by atoms with Crippen molar-refractivity contribution in [1.82, 2.24) is 0 Å². The third-order valence-corrected chi connectivity index (χ3v) is 2.49. The molecule has 0 aliphatic heterocycles. The van der Waals surface area contributed by atoms with Crippen LogP contribution in [-0.4, -0.2) is 0 Å². The van der Waals surface area contributed by atoms with Crippen molar-refractivity contribution in [3.63, 3.8) is 0 Å². The second kappa shape index (κ2) is 4.70. The first-order valence-corrected chi connectivity index (χ1v) is 5.25. The van der Waals surface area contributed by atoms with Gasteiger partial charge in [-0.25, -0.2) is 5.84 Å². The van der Waals surface area contributed by atoms with Crippen LogP contribution in [0, 0.1) is 0 Å². The van der Waals surface area contributed by atoms with Gasteiger partial charge in [-0.2, -0.15) is 13.2 Å². The third-order valence-electron chi connectivity index (χ3n) is 2.49. The van der Waals surface area contributed by atoms with Crippen LogP contribution in [0.15, 0.2) is 54.6 Å². The van der Waals surface area contributed by atoms with Crippen molar-refractivity contribution in [3.05, 3.63) is 60.2 Å². The van der Waals surface area contributed by atoms with E-state index in [0.717, 1.165) is 12.1 Å². The normalized spacial score (nSPS) is 11.3. The molecule has 0 fully saturated rings. The molecule has 0 radical (unpaired) electrons. The number of nitrogens with two attached hydrogens (primary N) is 1. The van der Waals surface area contributed by atoms with Gasteiger partial charge in [0, 0.05) is 0 Å². The Hall–Kier alpha value is -2.01. The first-order chi connectivity index (χ1) is 8.48. The molecule has 18 heavy (non-hydrogen) atoms. The van der Waals surface area contributed by atoms with E-state index in [1.807, 2.05) is 6.07 Å². The van der Waals surface area contributed by atoms with Crippen LogP contribution < -0.4 is 10.9 Å².